The monoisotopic (exact) mass is 330 g/mol. The number of rotatable bonds is 4. The molecule has 0 fully saturated rings. The van der Waals surface area contributed by atoms with Gasteiger partial charge in [-0.1, -0.05) is 23.7 Å². The predicted octanol–water partition coefficient (Wildman–Crippen LogP) is 3.10. The molecule has 1 amide bonds. The van der Waals surface area contributed by atoms with E-state index in [9.17, 15) is 9.90 Å². The van der Waals surface area contributed by atoms with Gasteiger partial charge in [0.05, 0.1) is 6.61 Å². The molecule has 23 heavy (non-hydrogen) atoms. The summed E-state index contributed by atoms with van der Waals surface area (Å²) in [6.07, 6.45) is -0.918. The van der Waals surface area contributed by atoms with E-state index in [1.165, 1.54) is 0 Å². The number of nitrogens with one attached hydrogen (secondary N) is 2. The molecule has 6 heteroatoms. The number of anilines is 1. The minimum Gasteiger partial charge on any atom is -0.393 e. The van der Waals surface area contributed by atoms with E-state index in [1.807, 2.05) is 6.07 Å². The number of halogens is 1. The predicted molar refractivity (Wildman–Crippen MR) is 89.7 cm³/mol. The first-order valence-corrected chi connectivity index (χ1v) is 7.43. The van der Waals surface area contributed by atoms with E-state index in [0.29, 0.717) is 22.0 Å². The highest BCUT2D eigenvalue weighted by molar-refractivity contribution is 6.31. The fourth-order valence-electron chi connectivity index (χ4n) is 2.32. The van der Waals surface area contributed by atoms with Crippen molar-refractivity contribution in [3.8, 4) is 0 Å². The van der Waals surface area contributed by atoms with Crippen molar-refractivity contribution < 1.29 is 15.0 Å². The number of benzene rings is 2. The molecule has 0 spiro atoms. The highest BCUT2D eigenvalue weighted by atomic mass is 35.5. The molecule has 0 aliphatic carbocycles. The van der Waals surface area contributed by atoms with Crippen molar-refractivity contribution >= 4 is 34.1 Å². The summed E-state index contributed by atoms with van der Waals surface area (Å²) in [5.41, 5.74) is 2.45. The molecule has 0 radical (unpaired) electrons. The fourth-order valence-corrected chi connectivity index (χ4v) is 2.50. The van der Waals surface area contributed by atoms with E-state index in [0.717, 1.165) is 10.9 Å². The summed E-state index contributed by atoms with van der Waals surface area (Å²) in [5, 5.41) is 22.7. The van der Waals surface area contributed by atoms with Gasteiger partial charge >= 0.3 is 0 Å². The maximum Gasteiger partial charge on any atom is 0.272 e. The second-order valence-electron chi connectivity index (χ2n) is 5.19. The quantitative estimate of drug-likeness (QED) is 0.593. The molecule has 0 bridgehead atoms. The van der Waals surface area contributed by atoms with Gasteiger partial charge in [0.15, 0.2) is 0 Å². The molecule has 0 aliphatic rings. The van der Waals surface area contributed by atoms with Crippen molar-refractivity contribution in [3.63, 3.8) is 0 Å². The molecule has 4 N–H and O–H groups in total. The van der Waals surface area contributed by atoms with Gasteiger partial charge in [-0.2, -0.15) is 0 Å². The summed E-state index contributed by atoms with van der Waals surface area (Å²) in [6.45, 7) is -0.344. The van der Waals surface area contributed by atoms with Crippen LogP contribution in [0.15, 0.2) is 48.5 Å². The summed E-state index contributed by atoms with van der Waals surface area (Å²) < 4.78 is 0. The number of fused-ring (bicyclic) bond motifs is 1. The molecular weight excluding hydrogens is 316 g/mol. The number of aliphatic hydroxyl groups excluding tert-OH is 2. The van der Waals surface area contributed by atoms with Gasteiger partial charge < -0.3 is 20.5 Å². The maximum atomic E-state index is 12.3. The number of hydrogen-bond donors (Lipinski definition) is 4. The molecule has 118 valence electrons. The first kappa shape index (κ1) is 15.6. The Bertz CT molecular complexity index is 843. The van der Waals surface area contributed by atoms with Crippen LogP contribution < -0.4 is 5.32 Å². The SMILES string of the molecule is O=C(Nc1ccc([C@@H](O)CO)cc1)c1cc2cc(Cl)ccc2[nH]1. The number of aliphatic hydroxyl groups is 2. The standard InChI is InChI=1S/C17H15ClN2O3/c18-12-3-6-14-11(7-12)8-15(20-14)17(23)19-13-4-1-10(2-5-13)16(22)9-21/h1-8,16,20-22H,9H2,(H,19,23)/t16-/m0/s1. The minimum absolute atomic E-state index is 0.271. The maximum absolute atomic E-state index is 12.3. The average Bonchev–Trinajstić information content (AvgIpc) is 2.98. The molecule has 2 aromatic carbocycles. The first-order valence-electron chi connectivity index (χ1n) is 7.05. The Labute approximate surface area is 137 Å². The lowest BCUT2D eigenvalue weighted by atomic mass is 10.1. The van der Waals surface area contributed by atoms with Crippen LogP contribution in [0.4, 0.5) is 5.69 Å². The van der Waals surface area contributed by atoms with Crippen molar-refractivity contribution in [2.24, 2.45) is 0 Å². The van der Waals surface area contributed by atoms with E-state index in [2.05, 4.69) is 10.3 Å². The zero-order valence-corrected chi connectivity index (χ0v) is 12.8. The summed E-state index contributed by atoms with van der Waals surface area (Å²) in [4.78, 5) is 15.3. The summed E-state index contributed by atoms with van der Waals surface area (Å²) in [6, 6.07) is 13.8. The van der Waals surface area contributed by atoms with Crippen LogP contribution >= 0.6 is 11.6 Å². The Kier molecular flexibility index (Phi) is 4.34. The van der Waals surface area contributed by atoms with Crippen molar-refractivity contribution in [3.05, 3.63) is 64.8 Å². The highest BCUT2D eigenvalue weighted by Gasteiger charge is 2.11. The van der Waals surface area contributed by atoms with Gasteiger partial charge in [0.25, 0.3) is 5.91 Å². The van der Waals surface area contributed by atoms with Crippen LogP contribution in [0.1, 0.15) is 22.2 Å². The Morgan fingerprint density at radius 1 is 1.17 bits per heavy atom. The van der Waals surface area contributed by atoms with Crippen LogP contribution in [-0.4, -0.2) is 27.7 Å². The Balaban J connectivity index is 1.77. The fraction of sp³-hybridized carbons (Fsp3) is 0.118. The number of aromatic nitrogens is 1. The van der Waals surface area contributed by atoms with E-state index in [-0.39, 0.29) is 12.5 Å². The van der Waals surface area contributed by atoms with Gasteiger partial charge in [0, 0.05) is 21.6 Å². The summed E-state index contributed by atoms with van der Waals surface area (Å²) in [5.74, 6) is -0.271. The van der Waals surface area contributed by atoms with Gasteiger partial charge in [-0.15, -0.1) is 0 Å². The van der Waals surface area contributed by atoms with E-state index in [4.69, 9.17) is 16.7 Å². The van der Waals surface area contributed by atoms with E-state index >= 15 is 0 Å². The first-order chi connectivity index (χ1) is 11.1. The van der Waals surface area contributed by atoms with Crippen molar-refractivity contribution in [1.82, 2.24) is 4.98 Å². The minimum atomic E-state index is -0.918. The van der Waals surface area contributed by atoms with Gasteiger partial charge in [0.1, 0.15) is 11.8 Å². The molecule has 0 unspecified atom stereocenters. The lowest BCUT2D eigenvalue weighted by Crippen LogP contribution is -2.12. The average molecular weight is 331 g/mol. The largest absolute Gasteiger partial charge is 0.393 e. The molecule has 1 atom stereocenters. The van der Waals surface area contributed by atoms with Crippen LogP contribution in [0.5, 0.6) is 0 Å². The third-order valence-electron chi connectivity index (χ3n) is 3.55. The topological polar surface area (TPSA) is 85.3 Å². The lowest BCUT2D eigenvalue weighted by Gasteiger charge is -2.09. The molecule has 0 saturated heterocycles. The van der Waals surface area contributed by atoms with Crippen LogP contribution in [0.2, 0.25) is 5.02 Å². The van der Waals surface area contributed by atoms with Crippen LogP contribution in [0.3, 0.4) is 0 Å². The van der Waals surface area contributed by atoms with E-state index in [1.54, 1.807) is 42.5 Å². The zero-order valence-electron chi connectivity index (χ0n) is 12.1. The van der Waals surface area contributed by atoms with Crippen molar-refractivity contribution in [2.75, 3.05) is 11.9 Å². The second kappa shape index (κ2) is 6.42. The molecule has 0 saturated carbocycles. The van der Waals surface area contributed by atoms with E-state index < -0.39 is 6.10 Å². The number of hydrogen-bond acceptors (Lipinski definition) is 3. The zero-order chi connectivity index (χ0) is 16.4. The number of aromatic amines is 1. The second-order valence-corrected chi connectivity index (χ2v) is 5.63. The van der Waals surface area contributed by atoms with Crippen LogP contribution in [-0.2, 0) is 0 Å². The summed E-state index contributed by atoms with van der Waals surface area (Å²) in [7, 11) is 0. The molecule has 1 aromatic heterocycles. The Morgan fingerprint density at radius 2 is 1.91 bits per heavy atom. The van der Waals surface area contributed by atoms with Gasteiger partial charge in [0.2, 0.25) is 0 Å². The number of carbonyl (C=O) groups is 1. The third kappa shape index (κ3) is 3.37. The number of H-pyrrole nitrogens is 1. The smallest absolute Gasteiger partial charge is 0.272 e. The molecule has 3 rings (SSSR count). The lowest BCUT2D eigenvalue weighted by molar-refractivity contribution is 0.0956. The van der Waals surface area contributed by atoms with Crippen molar-refractivity contribution in [2.45, 2.75) is 6.10 Å². The number of carbonyl (C=O) groups excluding carboxylic acids is 1. The summed E-state index contributed by atoms with van der Waals surface area (Å²) >= 11 is 5.94. The molecule has 5 nitrogen and oxygen atoms in total. The van der Waals surface area contributed by atoms with Crippen molar-refractivity contribution in [1.29, 1.82) is 0 Å². The van der Waals surface area contributed by atoms with Crippen LogP contribution in [0.25, 0.3) is 10.9 Å². The van der Waals surface area contributed by atoms with Gasteiger partial charge in [-0.25, -0.2) is 0 Å². The highest BCUT2D eigenvalue weighted by Crippen LogP contribution is 2.21. The molecule has 1 heterocycles. The molecular formula is C17H15ClN2O3. The Morgan fingerprint density at radius 3 is 2.61 bits per heavy atom. The van der Waals surface area contributed by atoms with Gasteiger partial charge in [-0.05, 0) is 42.0 Å². The normalized spacial score (nSPS) is 12.3. The number of amides is 1. The molecule has 3 aromatic rings. The third-order valence-corrected chi connectivity index (χ3v) is 3.79. The van der Waals surface area contributed by atoms with Gasteiger partial charge in [-0.3, -0.25) is 4.79 Å². The van der Waals surface area contributed by atoms with Crippen LogP contribution in [0, 0.1) is 0 Å². The molecule has 0 aliphatic heterocycles. The Hall–Kier alpha value is -2.34.